The minimum absolute atomic E-state index is 0.159. The second-order valence-electron chi connectivity index (χ2n) is 13.3. The number of para-hydroxylation sites is 5. The van der Waals surface area contributed by atoms with Crippen LogP contribution < -0.4 is 5.69 Å². The molecule has 7 nitrogen and oxygen atoms in total. The topological polar surface area (TPSA) is 70.0 Å². The summed E-state index contributed by atoms with van der Waals surface area (Å²) in [4.78, 5) is 29.7. The molecule has 0 unspecified atom stereocenters. The minimum atomic E-state index is -0.159. The summed E-state index contributed by atoms with van der Waals surface area (Å²) in [7, 11) is 0. The van der Waals surface area contributed by atoms with Crippen LogP contribution in [0.15, 0.2) is 175 Å². The highest BCUT2D eigenvalue weighted by Crippen LogP contribution is 2.37. The van der Waals surface area contributed by atoms with E-state index in [1.165, 1.54) is 0 Å². The average Bonchev–Trinajstić information content (AvgIpc) is 3.78. The first-order chi connectivity index (χ1) is 26.2. The van der Waals surface area contributed by atoms with Gasteiger partial charge in [-0.1, -0.05) is 109 Å². The fourth-order valence-electron chi connectivity index (χ4n) is 7.86. The molecule has 11 rings (SSSR count). The Morgan fingerprint density at radius 2 is 1.04 bits per heavy atom. The van der Waals surface area contributed by atoms with Crippen molar-refractivity contribution in [2.45, 2.75) is 0 Å². The SMILES string of the molecule is O=c1n(-c2ccccc2)c2cc(-c3ccc4c(c3)c3ccccc3n4-c3nc(-c4ccccc4)c4ccccc4n3)ccc2c2nc3ccccc3n12. The van der Waals surface area contributed by atoms with Gasteiger partial charge in [0.05, 0.1) is 44.5 Å². The Labute approximate surface area is 302 Å². The normalized spacial score (nSPS) is 11.8. The van der Waals surface area contributed by atoms with E-state index >= 15 is 0 Å². The third-order valence-corrected chi connectivity index (χ3v) is 10.3. The Morgan fingerprint density at radius 1 is 0.396 bits per heavy atom. The molecule has 0 saturated heterocycles. The molecule has 4 aromatic heterocycles. The van der Waals surface area contributed by atoms with Crippen LogP contribution in [0.25, 0.3) is 94.3 Å². The third-order valence-electron chi connectivity index (χ3n) is 10.3. The predicted molar refractivity (Wildman–Crippen MR) is 214 cm³/mol. The van der Waals surface area contributed by atoms with Crippen LogP contribution in [-0.4, -0.2) is 28.5 Å². The van der Waals surface area contributed by atoms with E-state index in [0.29, 0.717) is 11.6 Å². The molecule has 0 aliphatic rings. The molecule has 7 heteroatoms. The van der Waals surface area contributed by atoms with E-state index in [1.807, 2.05) is 91.0 Å². The van der Waals surface area contributed by atoms with Gasteiger partial charge in [-0.15, -0.1) is 0 Å². The summed E-state index contributed by atoms with van der Waals surface area (Å²) in [5.41, 5.74) is 10.5. The van der Waals surface area contributed by atoms with Gasteiger partial charge in [0.25, 0.3) is 0 Å². The van der Waals surface area contributed by atoms with Crippen LogP contribution in [-0.2, 0) is 0 Å². The van der Waals surface area contributed by atoms with Crippen LogP contribution in [0.2, 0.25) is 0 Å². The van der Waals surface area contributed by atoms with Crippen LogP contribution in [0.4, 0.5) is 0 Å². The third kappa shape index (κ3) is 4.41. The molecule has 0 aliphatic heterocycles. The standard InChI is InChI=1S/C46H28N6O/c53-46-50(32-15-5-2-6-16-32)42-28-31(23-25-35(42)44-47-38-20-10-12-22-41(38)52(44)46)30-24-26-40-36(27-30)33-17-8-11-21-39(33)51(40)45-48-37-19-9-7-18-34(37)43(49-45)29-13-3-1-4-14-29/h1-28H. The van der Waals surface area contributed by atoms with E-state index in [1.54, 1.807) is 8.97 Å². The summed E-state index contributed by atoms with van der Waals surface area (Å²) in [5, 5.41) is 4.10. The van der Waals surface area contributed by atoms with Crippen LogP contribution in [0.5, 0.6) is 0 Å². The van der Waals surface area contributed by atoms with Crippen LogP contribution in [0.3, 0.4) is 0 Å². The molecule has 248 valence electrons. The lowest BCUT2D eigenvalue weighted by molar-refractivity contribution is 0.932. The predicted octanol–water partition coefficient (Wildman–Crippen LogP) is 10.2. The Kier molecular flexibility index (Phi) is 6.27. The van der Waals surface area contributed by atoms with Crippen molar-refractivity contribution >= 4 is 60.3 Å². The summed E-state index contributed by atoms with van der Waals surface area (Å²) in [6, 6.07) is 57.4. The van der Waals surface area contributed by atoms with E-state index in [0.717, 1.165) is 82.7 Å². The maximum absolute atomic E-state index is 14.4. The number of hydrogen-bond donors (Lipinski definition) is 0. The maximum atomic E-state index is 14.4. The zero-order valence-electron chi connectivity index (χ0n) is 28.3. The highest BCUT2D eigenvalue weighted by atomic mass is 16.1. The Morgan fingerprint density at radius 3 is 1.87 bits per heavy atom. The maximum Gasteiger partial charge on any atom is 0.339 e. The van der Waals surface area contributed by atoms with E-state index in [4.69, 9.17) is 15.0 Å². The highest BCUT2D eigenvalue weighted by molar-refractivity contribution is 6.11. The smallest absolute Gasteiger partial charge is 0.278 e. The molecule has 0 radical (unpaired) electrons. The van der Waals surface area contributed by atoms with Crippen molar-refractivity contribution in [1.29, 1.82) is 0 Å². The monoisotopic (exact) mass is 680 g/mol. The van der Waals surface area contributed by atoms with E-state index < -0.39 is 0 Å². The fraction of sp³-hybridized carbons (Fsp3) is 0. The van der Waals surface area contributed by atoms with Crippen molar-refractivity contribution < 1.29 is 0 Å². The Balaban J connectivity index is 1.15. The first kappa shape index (κ1) is 29.4. The van der Waals surface area contributed by atoms with E-state index in [9.17, 15) is 4.79 Å². The molecule has 0 atom stereocenters. The first-order valence-electron chi connectivity index (χ1n) is 17.6. The average molecular weight is 681 g/mol. The van der Waals surface area contributed by atoms with Crippen molar-refractivity contribution in [2.24, 2.45) is 0 Å². The second-order valence-corrected chi connectivity index (χ2v) is 13.3. The largest absolute Gasteiger partial charge is 0.339 e. The molecule has 0 amide bonds. The van der Waals surface area contributed by atoms with Gasteiger partial charge in [-0.3, -0.25) is 9.13 Å². The molecule has 53 heavy (non-hydrogen) atoms. The molecule has 0 fully saturated rings. The minimum Gasteiger partial charge on any atom is -0.278 e. The van der Waals surface area contributed by atoms with Gasteiger partial charge >= 0.3 is 5.69 Å². The first-order valence-corrected chi connectivity index (χ1v) is 17.6. The molecule has 7 aromatic carbocycles. The Bertz CT molecular complexity index is 3310. The lowest BCUT2D eigenvalue weighted by Gasteiger charge is -2.14. The van der Waals surface area contributed by atoms with E-state index in [2.05, 4.69) is 83.4 Å². The fourth-order valence-corrected chi connectivity index (χ4v) is 7.86. The molecule has 0 spiro atoms. The molecule has 4 heterocycles. The molecule has 0 aliphatic carbocycles. The summed E-state index contributed by atoms with van der Waals surface area (Å²) in [6.45, 7) is 0. The van der Waals surface area contributed by atoms with Gasteiger partial charge in [-0.2, -0.15) is 0 Å². The van der Waals surface area contributed by atoms with Crippen molar-refractivity contribution in [1.82, 2.24) is 28.5 Å². The van der Waals surface area contributed by atoms with Gasteiger partial charge in [0.1, 0.15) is 0 Å². The highest BCUT2D eigenvalue weighted by Gasteiger charge is 2.20. The van der Waals surface area contributed by atoms with E-state index in [-0.39, 0.29) is 5.69 Å². The zero-order valence-corrected chi connectivity index (χ0v) is 28.3. The van der Waals surface area contributed by atoms with Gasteiger partial charge in [0.2, 0.25) is 5.95 Å². The number of fused-ring (bicyclic) bond motifs is 9. The number of nitrogens with zero attached hydrogens (tertiary/aromatic N) is 6. The van der Waals surface area contributed by atoms with Crippen molar-refractivity contribution in [3.05, 3.63) is 180 Å². The number of imidazole rings is 1. The Hall–Kier alpha value is -7.38. The summed E-state index contributed by atoms with van der Waals surface area (Å²) >= 11 is 0. The van der Waals surface area contributed by atoms with Crippen LogP contribution in [0.1, 0.15) is 0 Å². The summed E-state index contributed by atoms with van der Waals surface area (Å²) < 4.78 is 5.69. The van der Waals surface area contributed by atoms with Crippen molar-refractivity contribution in [3.63, 3.8) is 0 Å². The summed E-state index contributed by atoms with van der Waals surface area (Å²) in [5.74, 6) is 0.621. The molecule has 11 aromatic rings. The number of aromatic nitrogens is 6. The number of rotatable bonds is 4. The zero-order chi connectivity index (χ0) is 35.0. The molecular weight excluding hydrogens is 653 g/mol. The molecular formula is C46H28N6O. The quantitative estimate of drug-likeness (QED) is 0.186. The van der Waals surface area contributed by atoms with Gasteiger partial charge in [-0.05, 0) is 71.8 Å². The lowest BCUT2D eigenvalue weighted by atomic mass is 10.0. The van der Waals surface area contributed by atoms with Crippen LogP contribution in [0, 0.1) is 0 Å². The van der Waals surface area contributed by atoms with Gasteiger partial charge < -0.3 is 0 Å². The lowest BCUT2D eigenvalue weighted by Crippen LogP contribution is -2.25. The number of hydrogen-bond acceptors (Lipinski definition) is 4. The second kappa shape index (κ2) is 11.3. The van der Waals surface area contributed by atoms with Gasteiger partial charge in [0, 0.05) is 27.1 Å². The molecule has 0 saturated carbocycles. The molecule has 0 N–H and O–H groups in total. The van der Waals surface area contributed by atoms with Crippen LogP contribution >= 0.6 is 0 Å². The molecule has 0 bridgehead atoms. The van der Waals surface area contributed by atoms with Gasteiger partial charge in [-0.25, -0.2) is 24.1 Å². The van der Waals surface area contributed by atoms with Gasteiger partial charge in [0.15, 0.2) is 5.65 Å². The number of benzene rings is 7. The summed E-state index contributed by atoms with van der Waals surface area (Å²) in [6.07, 6.45) is 0. The van der Waals surface area contributed by atoms with Crippen molar-refractivity contribution in [2.75, 3.05) is 0 Å². The van der Waals surface area contributed by atoms with Crippen molar-refractivity contribution in [3.8, 4) is 34.0 Å².